The lowest BCUT2D eigenvalue weighted by Gasteiger charge is -2.29. The van der Waals surface area contributed by atoms with Crippen LogP contribution in [0.2, 0.25) is 0 Å². The number of halogens is 1. The molecule has 9 nitrogen and oxygen atoms in total. The molecule has 3 N–H and O–H groups in total. The summed E-state index contributed by atoms with van der Waals surface area (Å²) in [7, 11) is 1.57. The number of rotatable bonds is 8. The maximum Gasteiger partial charge on any atom is 0.271 e. The molecule has 0 bridgehead atoms. The molecule has 3 fully saturated rings. The quantitative estimate of drug-likeness (QED) is 0.445. The summed E-state index contributed by atoms with van der Waals surface area (Å²) in [6.45, 7) is -0.244. The molecule has 0 radical (unpaired) electrons. The minimum atomic E-state index is -0.949. The Labute approximate surface area is 223 Å². The number of H-pyrrole nitrogens is 1. The van der Waals surface area contributed by atoms with E-state index < -0.39 is 30.4 Å². The summed E-state index contributed by atoms with van der Waals surface area (Å²) in [6, 6.07) is 3.74. The average Bonchev–Trinajstić information content (AvgIpc) is 3.67. The average molecular weight is 574 g/mol. The number of aliphatic hydroxyl groups is 1. The van der Waals surface area contributed by atoms with Crippen molar-refractivity contribution in [2.24, 2.45) is 17.8 Å². The molecular formula is C27H32BrN3O6. The number of nitrogens with zero attached hydrogens (tertiary/aromatic N) is 1. The van der Waals surface area contributed by atoms with Crippen molar-refractivity contribution in [3.05, 3.63) is 28.4 Å². The Hall–Kier alpha value is -2.72. The van der Waals surface area contributed by atoms with Gasteiger partial charge in [-0.05, 0) is 78.1 Å². The van der Waals surface area contributed by atoms with Crippen LogP contribution in [0.25, 0.3) is 10.9 Å². The number of hydrogen-bond acceptors (Lipinski definition) is 6. The number of nitrogens with one attached hydrogen (secondary N) is 2. The monoisotopic (exact) mass is 573 g/mol. The standard InChI is InChI=1S/C27H32BrN3O6/c1-37-23-9-8-18(28)24-17(23)11-20(29-24)27(36)31-12-15-5-2-6-16(15)25(31)26(35)30-19(22(34)13-32)10-14-4-3-7-21(14)33/h8-9,11,14-16,19,25,29,32H,2-7,10,12-13H2,1H3,(H,30,35)/t14-,15-,16-,19-,25-/m0/s1. The molecule has 198 valence electrons. The minimum absolute atomic E-state index is 0.00703. The molecule has 5 atom stereocenters. The SMILES string of the molecule is COc1ccc(Br)c2[nH]c(C(=O)N3C[C@@H]4CCC[C@@H]4[C@H]3C(=O)N[C@@H](C[C@@H]3CCCC3=O)C(=O)CO)cc12. The van der Waals surface area contributed by atoms with Crippen LogP contribution in [-0.2, 0) is 14.4 Å². The number of ketones is 2. The maximum atomic E-state index is 13.8. The zero-order valence-electron chi connectivity index (χ0n) is 20.8. The van der Waals surface area contributed by atoms with Gasteiger partial charge in [-0.3, -0.25) is 19.2 Å². The molecule has 3 aliphatic rings. The highest BCUT2D eigenvalue weighted by Gasteiger charge is 2.50. The smallest absolute Gasteiger partial charge is 0.271 e. The zero-order valence-corrected chi connectivity index (χ0v) is 22.4. The lowest BCUT2D eigenvalue weighted by atomic mass is 9.91. The first-order valence-electron chi connectivity index (χ1n) is 12.9. The summed E-state index contributed by atoms with van der Waals surface area (Å²) in [4.78, 5) is 57.0. The second-order valence-corrected chi connectivity index (χ2v) is 11.3. The highest BCUT2D eigenvalue weighted by molar-refractivity contribution is 9.10. The van der Waals surface area contributed by atoms with E-state index in [1.54, 1.807) is 18.1 Å². The fourth-order valence-corrected chi connectivity index (χ4v) is 6.96. The molecule has 2 saturated carbocycles. The van der Waals surface area contributed by atoms with Gasteiger partial charge in [-0.15, -0.1) is 0 Å². The fourth-order valence-electron chi connectivity index (χ4n) is 6.52. The van der Waals surface area contributed by atoms with E-state index in [4.69, 9.17) is 4.74 Å². The van der Waals surface area contributed by atoms with E-state index in [2.05, 4.69) is 26.2 Å². The molecule has 2 aromatic rings. The third-order valence-corrected chi connectivity index (χ3v) is 9.05. The van der Waals surface area contributed by atoms with Gasteiger partial charge in [0.2, 0.25) is 5.91 Å². The van der Waals surface area contributed by atoms with Gasteiger partial charge >= 0.3 is 0 Å². The van der Waals surface area contributed by atoms with Crippen LogP contribution in [0.5, 0.6) is 5.75 Å². The van der Waals surface area contributed by atoms with Crippen molar-refractivity contribution < 1.29 is 29.0 Å². The van der Waals surface area contributed by atoms with E-state index in [9.17, 15) is 24.3 Å². The molecule has 2 aliphatic carbocycles. The summed E-state index contributed by atoms with van der Waals surface area (Å²) in [5.41, 5.74) is 1.09. The third-order valence-electron chi connectivity index (χ3n) is 8.39. The minimum Gasteiger partial charge on any atom is -0.496 e. The molecule has 0 spiro atoms. The Balaban J connectivity index is 1.41. The Morgan fingerprint density at radius 3 is 2.76 bits per heavy atom. The number of likely N-dealkylation sites (tertiary alicyclic amines) is 1. The van der Waals surface area contributed by atoms with Crippen LogP contribution in [-0.4, -0.2) is 70.7 Å². The number of methoxy groups -OCH3 is 1. The van der Waals surface area contributed by atoms with Crippen LogP contribution in [0.4, 0.5) is 0 Å². The molecule has 5 rings (SSSR count). The number of Topliss-reactive ketones (excluding diaryl/α,β-unsaturated/α-hetero) is 2. The Kier molecular flexibility index (Phi) is 7.40. The number of aromatic amines is 1. The highest BCUT2D eigenvalue weighted by atomic mass is 79.9. The maximum absolute atomic E-state index is 13.8. The normalized spacial score (nSPS) is 25.9. The Bertz CT molecular complexity index is 1240. The molecule has 10 heteroatoms. The fraction of sp³-hybridized carbons (Fsp3) is 0.556. The lowest BCUT2D eigenvalue weighted by Crippen LogP contribution is -2.53. The number of aromatic nitrogens is 1. The van der Waals surface area contributed by atoms with Gasteiger partial charge in [0, 0.05) is 28.7 Å². The molecule has 2 heterocycles. The highest BCUT2D eigenvalue weighted by Crippen LogP contribution is 2.43. The van der Waals surface area contributed by atoms with Crippen molar-refractivity contribution in [1.82, 2.24) is 15.2 Å². The van der Waals surface area contributed by atoms with Crippen LogP contribution >= 0.6 is 15.9 Å². The second kappa shape index (κ2) is 10.6. The van der Waals surface area contributed by atoms with Crippen LogP contribution < -0.4 is 10.1 Å². The molecule has 2 amide bonds. The van der Waals surface area contributed by atoms with Crippen LogP contribution in [0.1, 0.15) is 55.4 Å². The first kappa shape index (κ1) is 25.9. The number of aliphatic hydroxyl groups excluding tert-OH is 1. The third kappa shape index (κ3) is 4.81. The van der Waals surface area contributed by atoms with E-state index in [-0.39, 0.29) is 35.9 Å². The Morgan fingerprint density at radius 1 is 1.24 bits per heavy atom. The van der Waals surface area contributed by atoms with Gasteiger partial charge in [-0.25, -0.2) is 0 Å². The van der Waals surface area contributed by atoms with Crippen molar-refractivity contribution >= 4 is 50.2 Å². The molecule has 1 aromatic heterocycles. The molecule has 37 heavy (non-hydrogen) atoms. The summed E-state index contributed by atoms with van der Waals surface area (Å²) in [5.74, 6) is -0.528. The lowest BCUT2D eigenvalue weighted by molar-refractivity contribution is -0.133. The first-order chi connectivity index (χ1) is 17.8. The number of hydrogen-bond donors (Lipinski definition) is 3. The van der Waals surface area contributed by atoms with Gasteiger partial charge in [0.1, 0.15) is 29.9 Å². The van der Waals surface area contributed by atoms with E-state index >= 15 is 0 Å². The van der Waals surface area contributed by atoms with E-state index in [0.717, 1.165) is 41.1 Å². The van der Waals surface area contributed by atoms with Crippen LogP contribution in [0.3, 0.4) is 0 Å². The van der Waals surface area contributed by atoms with Gasteiger partial charge in [-0.2, -0.15) is 0 Å². The van der Waals surface area contributed by atoms with E-state index in [0.29, 0.717) is 30.8 Å². The van der Waals surface area contributed by atoms with Crippen LogP contribution in [0, 0.1) is 17.8 Å². The number of carbonyl (C=O) groups is 4. The molecule has 1 aromatic carbocycles. The van der Waals surface area contributed by atoms with Gasteiger partial charge in [-0.1, -0.05) is 6.42 Å². The summed E-state index contributed by atoms with van der Waals surface area (Å²) in [5, 5.41) is 13.1. The topological polar surface area (TPSA) is 129 Å². The predicted molar refractivity (Wildman–Crippen MR) is 139 cm³/mol. The number of carbonyl (C=O) groups excluding carboxylic acids is 4. The molecular weight excluding hydrogens is 542 g/mol. The van der Waals surface area contributed by atoms with Gasteiger partial charge in [0.25, 0.3) is 5.91 Å². The van der Waals surface area contributed by atoms with E-state index in [1.165, 1.54) is 0 Å². The Morgan fingerprint density at radius 2 is 2.05 bits per heavy atom. The molecule has 1 saturated heterocycles. The van der Waals surface area contributed by atoms with Gasteiger partial charge in [0.05, 0.1) is 18.7 Å². The predicted octanol–water partition coefficient (Wildman–Crippen LogP) is 2.99. The number of amides is 2. The summed E-state index contributed by atoms with van der Waals surface area (Å²) < 4.78 is 6.25. The second-order valence-electron chi connectivity index (χ2n) is 10.5. The van der Waals surface area contributed by atoms with Crippen molar-refractivity contribution in [3.63, 3.8) is 0 Å². The van der Waals surface area contributed by atoms with Crippen molar-refractivity contribution in [2.75, 3.05) is 20.3 Å². The van der Waals surface area contributed by atoms with Gasteiger partial charge in [0.15, 0.2) is 5.78 Å². The van der Waals surface area contributed by atoms with Crippen molar-refractivity contribution in [3.8, 4) is 5.75 Å². The first-order valence-corrected chi connectivity index (χ1v) is 13.7. The number of ether oxygens (including phenoxy) is 1. The molecule has 1 aliphatic heterocycles. The van der Waals surface area contributed by atoms with Crippen molar-refractivity contribution in [1.29, 1.82) is 0 Å². The molecule has 0 unspecified atom stereocenters. The number of fused-ring (bicyclic) bond motifs is 2. The van der Waals surface area contributed by atoms with Gasteiger partial charge < -0.3 is 25.0 Å². The number of benzene rings is 1. The van der Waals surface area contributed by atoms with Crippen molar-refractivity contribution in [2.45, 2.75) is 57.0 Å². The summed E-state index contributed by atoms with van der Waals surface area (Å²) in [6.07, 6.45) is 4.90. The zero-order chi connectivity index (χ0) is 26.3. The largest absolute Gasteiger partial charge is 0.496 e. The van der Waals surface area contributed by atoms with Crippen LogP contribution in [0.15, 0.2) is 22.7 Å². The van der Waals surface area contributed by atoms with E-state index in [1.807, 2.05) is 12.1 Å². The summed E-state index contributed by atoms with van der Waals surface area (Å²) >= 11 is 3.52.